The molecule has 0 radical (unpaired) electrons. The van der Waals surface area contributed by atoms with E-state index in [1.165, 1.54) is 0 Å². The lowest BCUT2D eigenvalue weighted by Crippen LogP contribution is -2.27. The van der Waals surface area contributed by atoms with E-state index in [1.54, 1.807) is 0 Å². The van der Waals surface area contributed by atoms with Crippen molar-refractivity contribution < 1.29 is 23.1 Å². The quantitative estimate of drug-likeness (QED) is 0.850. The van der Waals surface area contributed by atoms with Gasteiger partial charge in [-0.15, -0.1) is 11.3 Å². The molecule has 8 heteroatoms. The fraction of sp³-hybridized carbons (Fsp3) is 0.333. The summed E-state index contributed by atoms with van der Waals surface area (Å²) in [6.07, 6.45) is -4.12. The number of carbonyl (C=O) groups is 1. The Hall–Kier alpha value is -1.67. The first kappa shape index (κ1) is 13.3. The van der Waals surface area contributed by atoms with Gasteiger partial charge in [0.2, 0.25) is 0 Å². The molecular formula is C12H9F3N2O2S. The average Bonchev–Trinajstić information content (AvgIpc) is 2.77. The minimum absolute atomic E-state index is 0.103. The summed E-state index contributed by atoms with van der Waals surface area (Å²) >= 11 is 0.777. The van der Waals surface area contributed by atoms with E-state index in [-0.39, 0.29) is 27.2 Å². The van der Waals surface area contributed by atoms with Crippen molar-refractivity contribution in [2.75, 3.05) is 6.54 Å². The summed E-state index contributed by atoms with van der Waals surface area (Å²) in [5, 5.41) is 11.7. The Kier molecular flexibility index (Phi) is 2.94. The van der Waals surface area contributed by atoms with Crippen LogP contribution in [0.25, 0.3) is 10.2 Å². The lowest BCUT2D eigenvalue weighted by Gasteiger charge is -2.21. The van der Waals surface area contributed by atoms with Crippen molar-refractivity contribution in [3.05, 3.63) is 27.8 Å². The minimum Gasteiger partial charge on any atom is -0.477 e. The van der Waals surface area contributed by atoms with Gasteiger partial charge in [0, 0.05) is 36.2 Å². The molecule has 0 unspecified atom stereocenters. The maximum absolute atomic E-state index is 13.3. The van der Waals surface area contributed by atoms with E-state index in [0.717, 1.165) is 17.4 Å². The number of rotatable bonds is 1. The molecular weight excluding hydrogens is 293 g/mol. The number of hydrogen-bond donors (Lipinski definition) is 2. The highest BCUT2D eigenvalue weighted by Crippen LogP contribution is 2.41. The number of pyridine rings is 1. The molecule has 0 spiro atoms. The third-order valence-corrected chi connectivity index (χ3v) is 4.22. The van der Waals surface area contributed by atoms with E-state index >= 15 is 0 Å². The zero-order valence-electron chi connectivity index (χ0n) is 10.0. The van der Waals surface area contributed by atoms with Crippen LogP contribution in [0.4, 0.5) is 13.2 Å². The number of nitrogens with one attached hydrogen (secondary N) is 1. The molecule has 106 valence electrons. The molecule has 2 aromatic rings. The van der Waals surface area contributed by atoms with Crippen LogP contribution in [0.15, 0.2) is 6.07 Å². The molecule has 3 rings (SSSR count). The van der Waals surface area contributed by atoms with E-state index in [0.29, 0.717) is 18.7 Å². The summed E-state index contributed by atoms with van der Waals surface area (Å²) in [7, 11) is 0. The van der Waals surface area contributed by atoms with Crippen molar-refractivity contribution in [2.24, 2.45) is 0 Å². The smallest absolute Gasteiger partial charge is 0.417 e. The summed E-state index contributed by atoms with van der Waals surface area (Å²) in [4.78, 5) is 15.2. The number of halogens is 3. The maximum atomic E-state index is 13.3. The lowest BCUT2D eigenvalue weighted by molar-refractivity contribution is -0.137. The first-order valence-electron chi connectivity index (χ1n) is 5.84. The number of carboxylic acids is 1. The van der Waals surface area contributed by atoms with Crippen molar-refractivity contribution in [1.82, 2.24) is 10.3 Å². The normalized spacial score (nSPS) is 15.3. The molecule has 0 bridgehead atoms. The molecule has 20 heavy (non-hydrogen) atoms. The highest BCUT2D eigenvalue weighted by molar-refractivity contribution is 7.20. The van der Waals surface area contributed by atoms with Gasteiger partial charge < -0.3 is 10.4 Å². The zero-order chi connectivity index (χ0) is 14.5. The zero-order valence-corrected chi connectivity index (χ0v) is 10.9. The third kappa shape index (κ3) is 2.04. The maximum Gasteiger partial charge on any atom is 0.417 e. The topological polar surface area (TPSA) is 62.2 Å². The van der Waals surface area contributed by atoms with Gasteiger partial charge in [0.05, 0.1) is 5.56 Å². The molecule has 1 aliphatic heterocycles. The molecule has 0 saturated carbocycles. The van der Waals surface area contributed by atoms with Gasteiger partial charge in [-0.2, -0.15) is 13.2 Å². The molecule has 2 N–H and O–H groups in total. The van der Waals surface area contributed by atoms with Gasteiger partial charge in [0.25, 0.3) is 0 Å². The van der Waals surface area contributed by atoms with E-state index in [9.17, 15) is 18.0 Å². The highest BCUT2D eigenvalue weighted by atomic mass is 32.1. The summed E-state index contributed by atoms with van der Waals surface area (Å²) in [5.41, 5.74) is -0.221. The van der Waals surface area contributed by atoms with Gasteiger partial charge in [-0.1, -0.05) is 0 Å². The summed E-state index contributed by atoms with van der Waals surface area (Å²) in [5.74, 6) is -1.24. The van der Waals surface area contributed by atoms with Crippen molar-refractivity contribution in [2.45, 2.75) is 19.1 Å². The Balaban J connectivity index is 2.37. The van der Waals surface area contributed by atoms with Gasteiger partial charge in [-0.3, -0.25) is 0 Å². The van der Waals surface area contributed by atoms with Crippen LogP contribution in [-0.2, 0) is 19.1 Å². The monoisotopic (exact) mass is 302 g/mol. The Morgan fingerprint density at radius 2 is 2.20 bits per heavy atom. The number of aromatic carboxylic acids is 1. The SMILES string of the molecule is O=C(O)c1cc2c(C(F)(F)F)c3c(nc2s1)CCNC3. The second-order valence-corrected chi connectivity index (χ2v) is 5.50. The van der Waals surface area contributed by atoms with Crippen LogP contribution in [0.2, 0.25) is 0 Å². The van der Waals surface area contributed by atoms with Crippen LogP contribution in [0, 0.1) is 0 Å². The van der Waals surface area contributed by atoms with Gasteiger partial charge >= 0.3 is 12.1 Å². The van der Waals surface area contributed by atoms with Crippen LogP contribution in [0.3, 0.4) is 0 Å². The predicted molar refractivity (Wildman–Crippen MR) is 67.0 cm³/mol. The van der Waals surface area contributed by atoms with Gasteiger partial charge in [0.15, 0.2) is 0 Å². The van der Waals surface area contributed by atoms with Crippen LogP contribution in [0.5, 0.6) is 0 Å². The van der Waals surface area contributed by atoms with Crippen molar-refractivity contribution in [3.63, 3.8) is 0 Å². The molecule has 0 fully saturated rings. The number of carboxylic acid groups (broad SMARTS) is 1. The van der Waals surface area contributed by atoms with E-state index < -0.39 is 17.7 Å². The van der Waals surface area contributed by atoms with Gasteiger partial charge in [-0.25, -0.2) is 9.78 Å². The molecule has 0 aromatic carbocycles. The number of nitrogens with zero attached hydrogens (tertiary/aromatic N) is 1. The van der Waals surface area contributed by atoms with Crippen LogP contribution in [-0.4, -0.2) is 22.6 Å². The Bertz CT molecular complexity index is 709. The Labute approximate surface area is 115 Å². The number of alkyl halides is 3. The molecule has 1 aliphatic rings. The predicted octanol–water partition coefficient (Wildman–Crippen LogP) is 2.66. The molecule has 0 saturated heterocycles. The van der Waals surface area contributed by atoms with Crippen LogP contribution >= 0.6 is 11.3 Å². The number of hydrogen-bond acceptors (Lipinski definition) is 4. The van der Waals surface area contributed by atoms with Crippen LogP contribution in [0.1, 0.15) is 26.5 Å². The van der Waals surface area contributed by atoms with E-state index in [1.807, 2.05) is 0 Å². The largest absolute Gasteiger partial charge is 0.477 e. The first-order chi connectivity index (χ1) is 9.38. The molecule has 0 aliphatic carbocycles. The first-order valence-corrected chi connectivity index (χ1v) is 6.66. The summed E-state index contributed by atoms with van der Waals surface area (Å²) in [6.45, 7) is 0.672. The van der Waals surface area contributed by atoms with Crippen molar-refractivity contribution in [3.8, 4) is 0 Å². The minimum atomic E-state index is -4.53. The van der Waals surface area contributed by atoms with Gasteiger partial charge in [0.1, 0.15) is 9.71 Å². The number of thiophene rings is 1. The third-order valence-electron chi connectivity index (χ3n) is 3.20. The Morgan fingerprint density at radius 3 is 2.85 bits per heavy atom. The lowest BCUT2D eigenvalue weighted by atomic mass is 9.98. The fourth-order valence-corrected chi connectivity index (χ4v) is 3.29. The van der Waals surface area contributed by atoms with Crippen molar-refractivity contribution >= 4 is 27.5 Å². The molecule has 3 heterocycles. The molecule has 4 nitrogen and oxygen atoms in total. The molecule has 0 amide bonds. The average molecular weight is 302 g/mol. The standard InChI is InChI=1S/C12H9F3N2O2S/c13-12(14,15)9-5-3-8(11(18)19)20-10(5)17-7-1-2-16-4-6(7)9/h3,16H,1-2,4H2,(H,18,19). The second kappa shape index (κ2) is 4.42. The fourth-order valence-electron chi connectivity index (χ4n) is 2.39. The van der Waals surface area contributed by atoms with E-state index in [2.05, 4.69) is 10.3 Å². The summed E-state index contributed by atoms with van der Waals surface area (Å²) < 4.78 is 40.0. The summed E-state index contributed by atoms with van der Waals surface area (Å²) in [6, 6.07) is 1.06. The second-order valence-electron chi connectivity index (χ2n) is 4.47. The Morgan fingerprint density at radius 1 is 1.45 bits per heavy atom. The van der Waals surface area contributed by atoms with Gasteiger partial charge in [-0.05, 0) is 6.07 Å². The molecule has 0 atom stereocenters. The highest BCUT2D eigenvalue weighted by Gasteiger charge is 2.38. The molecule has 2 aromatic heterocycles. The van der Waals surface area contributed by atoms with Crippen LogP contribution < -0.4 is 5.32 Å². The van der Waals surface area contributed by atoms with Crippen molar-refractivity contribution in [1.29, 1.82) is 0 Å². The number of aromatic nitrogens is 1. The number of fused-ring (bicyclic) bond motifs is 2. The van der Waals surface area contributed by atoms with E-state index in [4.69, 9.17) is 5.11 Å².